The minimum absolute atomic E-state index is 0.182. The average molecular weight is 388 g/mol. The van der Waals surface area contributed by atoms with E-state index in [0.29, 0.717) is 12.0 Å². The highest BCUT2D eigenvalue weighted by Gasteiger charge is 2.42. The summed E-state index contributed by atoms with van der Waals surface area (Å²) in [6.07, 6.45) is 0.369. The van der Waals surface area contributed by atoms with Gasteiger partial charge in [-0.15, -0.1) is 0 Å². The van der Waals surface area contributed by atoms with Crippen molar-refractivity contribution in [2.75, 3.05) is 0 Å². The molecule has 2 aromatic carbocycles. The summed E-state index contributed by atoms with van der Waals surface area (Å²) >= 11 is 3.39. The van der Waals surface area contributed by atoms with Gasteiger partial charge in [-0.05, 0) is 43.2 Å². The normalized spacial score (nSPS) is 20.7. The van der Waals surface area contributed by atoms with Crippen molar-refractivity contribution in [1.29, 1.82) is 0 Å². The second kappa shape index (κ2) is 6.40. The predicted molar refractivity (Wildman–Crippen MR) is 94.7 cm³/mol. The van der Waals surface area contributed by atoms with Crippen molar-refractivity contribution < 1.29 is 14.3 Å². The maximum atomic E-state index is 12.7. The molecule has 1 aliphatic rings. The lowest BCUT2D eigenvalue weighted by Crippen LogP contribution is -2.52. The molecule has 0 spiro atoms. The maximum Gasteiger partial charge on any atom is 0.339 e. The van der Waals surface area contributed by atoms with E-state index in [1.54, 1.807) is 19.1 Å². The third kappa shape index (κ3) is 3.22. The second-order valence-corrected chi connectivity index (χ2v) is 7.12. The highest BCUT2D eigenvalue weighted by molar-refractivity contribution is 9.10. The van der Waals surface area contributed by atoms with E-state index in [1.165, 1.54) is 0 Å². The Morgan fingerprint density at radius 3 is 2.58 bits per heavy atom. The number of carbonyl (C=O) groups is 2. The Labute approximate surface area is 149 Å². The molecule has 0 aromatic heterocycles. The highest BCUT2D eigenvalue weighted by atomic mass is 79.9. The molecule has 1 heterocycles. The first kappa shape index (κ1) is 16.7. The molecule has 0 saturated heterocycles. The van der Waals surface area contributed by atoms with Gasteiger partial charge in [0.1, 0.15) is 0 Å². The molecular weight excluding hydrogens is 370 g/mol. The summed E-state index contributed by atoms with van der Waals surface area (Å²) in [6.45, 7) is 3.56. The minimum Gasteiger partial charge on any atom is -0.445 e. The number of amides is 1. The van der Waals surface area contributed by atoms with Gasteiger partial charge in [-0.1, -0.05) is 46.3 Å². The van der Waals surface area contributed by atoms with Crippen LogP contribution in [0.25, 0.3) is 0 Å². The molecule has 1 aliphatic heterocycles. The van der Waals surface area contributed by atoms with Crippen molar-refractivity contribution in [2.24, 2.45) is 0 Å². The molecule has 1 N–H and O–H groups in total. The molecule has 2 aromatic rings. The Morgan fingerprint density at radius 1 is 1.21 bits per heavy atom. The van der Waals surface area contributed by atoms with Crippen LogP contribution in [0.2, 0.25) is 0 Å². The van der Waals surface area contributed by atoms with Crippen molar-refractivity contribution in [3.8, 4) is 0 Å². The first-order chi connectivity index (χ1) is 11.4. The van der Waals surface area contributed by atoms with E-state index < -0.39 is 11.6 Å². The average Bonchev–Trinajstić information content (AvgIpc) is 2.55. The molecule has 2 unspecified atom stereocenters. The SMILES string of the molecule is CC(NC(=O)C1(C)Cc2ccccc2C(=O)O1)c1ccc(Br)cc1. The molecule has 0 radical (unpaired) electrons. The maximum absolute atomic E-state index is 12.7. The second-order valence-electron chi connectivity index (χ2n) is 6.20. The predicted octanol–water partition coefficient (Wildman–Crippen LogP) is 3.80. The molecule has 24 heavy (non-hydrogen) atoms. The molecule has 0 bridgehead atoms. The molecule has 124 valence electrons. The lowest BCUT2D eigenvalue weighted by Gasteiger charge is -2.34. The van der Waals surface area contributed by atoms with E-state index in [0.717, 1.165) is 15.6 Å². The van der Waals surface area contributed by atoms with E-state index in [2.05, 4.69) is 21.2 Å². The number of halogens is 1. The van der Waals surface area contributed by atoms with E-state index in [1.807, 2.05) is 43.3 Å². The zero-order valence-corrected chi connectivity index (χ0v) is 15.1. The molecule has 0 fully saturated rings. The topological polar surface area (TPSA) is 55.4 Å². The fraction of sp³-hybridized carbons (Fsp3) is 0.263. The smallest absolute Gasteiger partial charge is 0.339 e. The van der Waals surface area contributed by atoms with Gasteiger partial charge in [-0.3, -0.25) is 4.79 Å². The Kier molecular flexibility index (Phi) is 4.45. The van der Waals surface area contributed by atoms with E-state index in [-0.39, 0.29) is 11.9 Å². The Hall–Kier alpha value is -2.14. The zero-order chi connectivity index (χ0) is 17.3. The van der Waals surface area contributed by atoms with Crippen LogP contribution >= 0.6 is 15.9 Å². The number of esters is 1. The Balaban J connectivity index is 1.77. The van der Waals surface area contributed by atoms with Crippen molar-refractivity contribution in [3.05, 3.63) is 69.7 Å². The van der Waals surface area contributed by atoms with Gasteiger partial charge in [0.15, 0.2) is 5.60 Å². The van der Waals surface area contributed by atoms with E-state index in [4.69, 9.17) is 4.74 Å². The van der Waals surface area contributed by atoms with Gasteiger partial charge in [0.05, 0.1) is 11.6 Å². The fourth-order valence-corrected chi connectivity index (χ4v) is 3.11. The van der Waals surface area contributed by atoms with Gasteiger partial charge in [-0.2, -0.15) is 0 Å². The summed E-state index contributed by atoms with van der Waals surface area (Å²) in [5.41, 5.74) is 1.15. The summed E-state index contributed by atoms with van der Waals surface area (Å²) in [7, 11) is 0. The molecule has 3 rings (SSSR count). The zero-order valence-electron chi connectivity index (χ0n) is 13.5. The van der Waals surface area contributed by atoms with Crippen LogP contribution < -0.4 is 5.32 Å². The van der Waals surface area contributed by atoms with Crippen molar-refractivity contribution in [3.63, 3.8) is 0 Å². The van der Waals surface area contributed by atoms with Gasteiger partial charge in [0.25, 0.3) is 5.91 Å². The molecule has 4 nitrogen and oxygen atoms in total. The van der Waals surface area contributed by atoms with E-state index >= 15 is 0 Å². The largest absolute Gasteiger partial charge is 0.445 e. The number of hydrogen-bond donors (Lipinski definition) is 1. The van der Waals surface area contributed by atoms with Gasteiger partial charge in [-0.25, -0.2) is 4.79 Å². The van der Waals surface area contributed by atoms with Crippen molar-refractivity contribution >= 4 is 27.8 Å². The fourth-order valence-electron chi connectivity index (χ4n) is 2.84. The number of rotatable bonds is 3. The van der Waals surface area contributed by atoms with Crippen molar-refractivity contribution in [2.45, 2.75) is 31.9 Å². The highest BCUT2D eigenvalue weighted by Crippen LogP contribution is 2.29. The Morgan fingerprint density at radius 2 is 1.88 bits per heavy atom. The van der Waals surface area contributed by atoms with Crippen LogP contribution in [0.5, 0.6) is 0 Å². The van der Waals surface area contributed by atoms with E-state index in [9.17, 15) is 9.59 Å². The number of nitrogens with one attached hydrogen (secondary N) is 1. The van der Waals surface area contributed by atoms with Crippen LogP contribution in [0.15, 0.2) is 53.0 Å². The first-order valence-electron chi connectivity index (χ1n) is 7.77. The van der Waals surface area contributed by atoms with Crippen LogP contribution in [-0.2, 0) is 16.0 Å². The molecule has 0 aliphatic carbocycles. The molecule has 1 amide bonds. The number of benzene rings is 2. The Bertz CT molecular complexity index is 787. The number of carbonyl (C=O) groups excluding carboxylic acids is 2. The third-order valence-electron chi connectivity index (χ3n) is 4.28. The van der Waals surface area contributed by atoms with Gasteiger partial charge < -0.3 is 10.1 Å². The number of ether oxygens (including phenoxy) is 1. The van der Waals surface area contributed by atoms with Crippen LogP contribution in [0.4, 0.5) is 0 Å². The molecule has 5 heteroatoms. The van der Waals surface area contributed by atoms with Gasteiger partial charge in [0.2, 0.25) is 0 Å². The monoisotopic (exact) mass is 387 g/mol. The number of cyclic esters (lactones) is 1. The lowest BCUT2D eigenvalue weighted by atomic mass is 9.89. The van der Waals surface area contributed by atoms with Crippen LogP contribution in [0.3, 0.4) is 0 Å². The van der Waals surface area contributed by atoms with Crippen molar-refractivity contribution in [1.82, 2.24) is 5.32 Å². The lowest BCUT2D eigenvalue weighted by molar-refractivity contribution is -0.140. The first-order valence-corrected chi connectivity index (χ1v) is 8.56. The number of fused-ring (bicyclic) bond motifs is 1. The standard InChI is InChI=1S/C19H18BrNO3/c1-12(13-7-9-15(20)10-8-13)21-18(23)19(2)11-14-5-3-4-6-16(14)17(22)24-19/h3-10,12H,11H2,1-2H3,(H,21,23). The van der Waals surface area contributed by atoms with Crippen LogP contribution in [-0.4, -0.2) is 17.5 Å². The summed E-state index contributed by atoms with van der Waals surface area (Å²) < 4.78 is 6.44. The third-order valence-corrected chi connectivity index (χ3v) is 4.81. The summed E-state index contributed by atoms with van der Waals surface area (Å²) in [6, 6.07) is 14.8. The summed E-state index contributed by atoms with van der Waals surface area (Å²) in [5, 5.41) is 2.95. The van der Waals surface area contributed by atoms with Gasteiger partial charge in [0, 0.05) is 10.9 Å². The summed E-state index contributed by atoms with van der Waals surface area (Å²) in [4.78, 5) is 24.9. The molecule has 2 atom stereocenters. The number of hydrogen-bond acceptors (Lipinski definition) is 3. The van der Waals surface area contributed by atoms with Crippen LogP contribution in [0, 0.1) is 0 Å². The molecule has 0 saturated carbocycles. The van der Waals surface area contributed by atoms with Gasteiger partial charge >= 0.3 is 5.97 Å². The quantitative estimate of drug-likeness (QED) is 0.814. The van der Waals surface area contributed by atoms with Crippen LogP contribution in [0.1, 0.15) is 41.4 Å². The minimum atomic E-state index is -1.20. The molecular formula is C19H18BrNO3. The summed E-state index contributed by atoms with van der Waals surface area (Å²) in [5.74, 6) is -0.744.